The van der Waals surface area contributed by atoms with Crippen LogP contribution in [0.2, 0.25) is 0 Å². The molecule has 0 amide bonds. The van der Waals surface area contributed by atoms with Gasteiger partial charge in [-0.1, -0.05) is 13.8 Å². The van der Waals surface area contributed by atoms with E-state index in [2.05, 4.69) is 40.8 Å². The molecule has 0 aliphatic rings. The smallest absolute Gasteiger partial charge is 0.139 e. The van der Waals surface area contributed by atoms with E-state index in [1.807, 2.05) is 6.92 Å². The zero-order valence-corrected chi connectivity index (χ0v) is 11.1. The first-order chi connectivity index (χ1) is 7.49. The number of pyridine rings is 1. The van der Waals surface area contributed by atoms with E-state index in [-0.39, 0.29) is 5.82 Å². The van der Waals surface area contributed by atoms with Gasteiger partial charge in [-0.05, 0) is 46.5 Å². The number of rotatable bonds is 1. The molecular weight excluding hydrogens is 269 g/mol. The molecule has 2 aromatic rings. The topological polar surface area (TPSA) is 12.9 Å². The van der Waals surface area contributed by atoms with E-state index < -0.39 is 0 Å². The quantitative estimate of drug-likeness (QED) is 0.746. The Balaban J connectivity index is 2.77. The molecule has 0 atom stereocenters. The Morgan fingerprint density at radius 1 is 1.25 bits per heavy atom. The van der Waals surface area contributed by atoms with Crippen molar-refractivity contribution in [1.82, 2.24) is 4.98 Å². The van der Waals surface area contributed by atoms with Crippen molar-refractivity contribution < 1.29 is 4.39 Å². The summed E-state index contributed by atoms with van der Waals surface area (Å²) in [5, 5.41) is 0.998. The summed E-state index contributed by atoms with van der Waals surface area (Å²) in [6, 6.07) is 5.34. The van der Waals surface area contributed by atoms with Gasteiger partial charge in [0.1, 0.15) is 5.82 Å². The highest BCUT2D eigenvalue weighted by molar-refractivity contribution is 9.10. The molecular formula is C13H13BrFN. The van der Waals surface area contributed by atoms with Crippen LogP contribution in [0.1, 0.15) is 31.0 Å². The van der Waals surface area contributed by atoms with Gasteiger partial charge in [0.15, 0.2) is 0 Å². The van der Waals surface area contributed by atoms with Crippen LogP contribution in [0.25, 0.3) is 10.9 Å². The molecule has 0 saturated heterocycles. The Labute approximate surface area is 103 Å². The molecule has 1 nitrogen and oxygen atoms in total. The summed E-state index contributed by atoms with van der Waals surface area (Å²) in [4.78, 5) is 4.48. The third-order valence-corrected chi connectivity index (χ3v) is 3.28. The molecule has 0 radical (unpaired) electrons. The van der Waals surface area contributed by atoms with Crippen LogP contribution in [0.15, 0.2) is 22.7 Å². The molecule has 0 bridgehead atoms. The predicted molar refractivity (Wildman–Crippen MR) is 68.2 cm³/mol. The molecule has 0 aliphatic heterocycles. The maximum Gasteiger partial charge on any atom is 0.139 e. The average Bonchev–Trinajstić information content (AvgIpc) is 2.20. The zero-order valence-electron chi connectivity index (χ0n) is 9.51. The molecule has 1 aromatic carbocycles. The maximum absolute atomic E-state index is 13.4. The first-order valence-electron chi connectivity index (χ1n) is 5.25. The van der Waals surface area contributed by atoms with Crippen LogP contribution in [0.3, 0.4) is 0 Å². The van der Waals surface area contributed by atoms with Crippen LogP contribution in [-0.4, -0.2) is 4.98 Å². The molecule has 3 heteroatoms. The van der Waals surface area contributed by atoms with Crippen LogP contribution in [0.5, 0.6) is 0 Å². The number of hydrogen-bond donors (Lipinski definition) is 0. The van der Waals surface area contributed by atoms with E-state index in [0.717, 1.165) is 22.2 Å². The van der Waals surface area contributed by atoms with Gasteiger partial charge in [0.2, 0.25) is 0 Å². The fourth-order valence-corrected chi connectivity index (χ4v) is 2.05. The second kappa shape index (κ2) is 4.13. The lowest BCUT2D eigenvalue weighted by Gasteiger charge is -2.09. The van der Waals surface area contributed by atoms with Gasteiger partial charge in [0.25, 0.3) is 0 Å². The molecule has 0 fully saturated rings. The van der Waals surface area contributed by atoms with Crippen molar-refractivity contribution in [2.24, 2.45) is 0 Å². The minimum Gasteiger partial charge on any atom is -0.252 e. The van der Waals surface area contributed by atoms with Gasteiger partial charge in [-0.2, -0.15) is 0 Å². The number of halogens is 2. The maximum atomic E-state index is 13.4. The number of aryl methyl sites for hydroxylation is 1. The van der Waals surface area contributed by atoms with Crippen molar-refractivity contribution >= 4 is 26.8 Å². The summed E-state index contributed by atoms with van der Waals surface area (Å²) < 4.78 is 13.9. The van der Waals surface area contributed by atoms with E-state index in [1.165, 1.54) is 6.07 Å². The molecule has 84 valence electrons. The lowest BCUT2D eigenvalue weighted by molar-refractivity contribution is 0.622. The molecule has 0 unspecified atom stereocenters. The van der Waals surface area contributed by atoms with Crippen molar-refractivity contribution in [2.45, 2.75) is 26.7 Å². The van der Waals surface area contributed by atoms with Crippen molar-refractivity contribution in [3.05, 3.63) is 39.7 Å². The Morgan fingerprint density at radius 3 is 2.56 bits per heavy atom. The summed E-state index contributed by atoms with van der Waals surface area (Å²) in [6.45, 7) is 6.20. The van der Waals surface area contributed by atoms with Crippen molar-refractivity contribution in [2.75, 3.05) is 0 Å². The Morgan fingerprint density at radius 2 is 1.94 bits per heavy atom. The van der Waals surface area contributed by atoms with Crippen LogP contribution in [-0.2, 0) is 0 Å². The van der Waals surface area contributed by atoms with Gasteiger partial charge >= 0.3 is 0 Å². The normalized spacial score (nSPS) is 11.4. The van der Waals surface area contributed by atoms with Gasteiger partial charge in [-0.25, -0.2) is 4.39 Å². The molecule has 16 heavy (non-hydrogen) atoms. The summed E-state index contributed by atoms with van der Waals surface area (Å²) in [5.74, 6) is 0.0927. The van der Waals surface area contributed by atoms with E-state index in [9.17, 15) is 4.39 Å². The van der Waals surface area contributed by atoms with E-state index in [4.69, 9.17) is 0 Å². The lowest BCUT2D eigenvalue weighted by atomic mass is 10.0. The summed E-state index contributed by atoms with van der Waals surface area (Å²) >= 11 is 3.20. The molecule has 0 N–H and O–H groups in total. The lowest BCUT2D eigenvalue weighted by Crippen LogP contribution is -1.95. The van der Waals surface area contributed by atoms with E-state index in [0.29, 0.717) is 10.4 Å². The van der Waals surface area contributed by atoms with E-state index in [1.54, 1.807) is 6.07 Å². The first-order valence-corrected chi connectivity index (χ1v) is 6.04. The predicted octanol–water partition coefficient (Wildman–Crippen LogP) is 4.57. The summed E-state index contributed by atoms with van der Waals surface area (Å²) in [7, 11) is 0. The molecule has 1 heterocycles. The molecule has 2 rings (SSSR count). The number of nitrogens with zero attached hydrogens (tertiary/aromatic N) is 1. The number of benzene rings is 1. The van der Waals surface area contributed by atoms with Gasteiger partial charge in [-0.15, -0.1) is 0 Å². The molecule has 0 saturated carbocycles. The molecule has 0 aliphatic carbocycles. The monoisotopic (exact) mass is 281 g/mol. The zero-order chi connectivity index (χ0) is 11.9. The largest absolute Gasteiger partial charge is 0.252 e. The van der Waals surface area contributed by atoms with Crippen molar-refractivity contribution in [3.8, 4) is 0 Å². The first kappa shape index (κ1) is 11.5. The van der Waals surface area contributed by atoms with Gasteiger partial charge in [0, 0.05) is 17.1 Å². The van der Waals surface area contributed by atoms with Gasteiger partial charge in [-0.3, -0.25) is 4.98 Å². The van der Waals surface area contributed by atoms with Gasteiger partial charge in [0.05, 0.1) is 9.99 Å². The van der Waals surface area contributed by atoms with E-state index >= 15 is 0 Å². The number of aromatic nitrogens is 1. The van der Waals surface area contributed by atoms with Crippen LogP contribution >= 0.6 is 15.9 Å². The highest BCUT2D eigenvalue weighted by Crippen LogP contribution is 2.26. The second-order valence-corrected chi connectivity index (χ2v) is 5.16. The SMILES string of the molecule is Cc1cc(C(C)C)nc2cc(F)c(Br)cc12. The highest BCUT2D eigenvalue weighted by Gasteiger charge is 2.09. The van der Waals surface area contributed by atoms with Gasteiger partial charge < -0.3 is 0 Å². The number of hydrogen-bond acceptors (Lipinski definition) is 1. The fraction of sp³-hybridized carbons (Fsp3) is 0.308. The van der Waals surface area contributed by atoms with Crippen LogP contribution < -0.4 is 0 Å². The third-order valence-electron chi connectivity index (χ3n) is 2.67. The average molecular weight is 282 g/mol. The van der Waals surface area contributed by atoms with Crippen LogP contribution in [0.4, 0.5) is 4.39 Å². The minimum atomic E-state index is -0.264. The second-order valence-electron chi connectivity index (χ2n) is 4.30. The molecule has 1 aromatic heterocycles. The van der Waals surface area contributed by atoms with Crippen LogP contribution in [0, 0.1) is 12.7 Å². The summed E-state index contributed by atoms with van der Waals surface area (Å²) in [5.41, 5.74) is 2.87. The minimum absolute atomic E-state index is 0.264. The third kappa shape index (κ3) is 1.96. The Hall–Kier alpha value is -0.960. The molecule has 0 spiro atoms. The highest BCUT2D eigenvalue weighted by atomic mass is 79.9. The van der Waals surface area contributed by atoms with Crippen molar-refractivity contribution in [1.29, 1.82) is 0 Å². The van der Waals surface area contributed by atoms with Crippen molar-refractivity contribution in [3.63, 3.8) is 0 Å². The Kier molecular flexibility index (Phi) is 2.98. The fourth-order valence-electron chi connectivity index (χ4n) is 1.71. The Bertz CT molecular complexity index is 549. The number of fused-ring (bicyclic) bond motifs is 1. The summed E-state index contributed by atoms with van der Waals surface area (Å²) in [6.07, 6.45) is 0. The standard InChI is InChI=1S/C13H13BrFN/c1-7(2)12-4-8(3)9-5-10(14)11(15)6-13(9)16-12/h4-7H,1-3H3.